The predicted molar refractivity (Wildman–Crippen MR) is 114 cm³/mol. The Morgan fingerprint density at radius 2 is 1.20 bits per heavy atom. The topological polar surface area (TPSA) is 0 Å². The molecule has 0 bridgehead atoms. The summed E-state index contributed by atoms with van der Waals surface area (Å²) in [5.74, 6) is 0. The molecule has 0 N–H and O–H groups in total. The van der Waals surface area contributed by atoms with Gasteiger partial charge in [0.15, 0.2) is 0 Å². The second-order valence-corrected chi connectivity index (χ2v) is 10.4. The van der Waals surface area contributed by atoms with Crippen molar-refractivity contribution in [1.82, 2.24) is 0 Å². The van der Waals surface area contributed by atoms with Crippen LogP contribution in [0, 0.1) is 34.6 Å². The molecule has 0 amide bonds. The molecule has 0 saturated carbocycles. The summed E-state index contributed by atoms with van der Waals surface area (Å²) in [6.07, 6.45) is 0. The van der Waals surface area contributed by atoms with Crippen LogP contribution in [0.25, 0.3) is 0 Å². The number of hydrogen-bond acceptors (Lipinski definition) is 0. The summed E-state index contributed by atoms with van der Waals surface area (Å²) in [6.45, 7) is 11.0. The SMILES string of the molecule is Cc1cc(C)cc([SiH](c2cc(C)c(C)c(C)c2)c2ccccc2Cl)c1. The Bertz CT molecular complexity index is 884. The monoisotopic (exact) mass is 364 g/mol. The highest BCUT2D eigenvalue weighted by Crippen LogP contribution is 2.13. The first-order chi connectivity index (χ1) is 11.9. The van der Waals surface area contributed by atoms with E-state index in [2.05, 4.69) is 77.1 Å². The van der Waals surface area contributed by atoms with Crippen LogP contribution >= 0.6 is 11.6 Å². The molecule has 0 aliphatic carbocycles. The molecule has 2 heteroatoms. The van der Waals surface area contributed by atoms with Crippen LogP contribution in [0.4, 0.5) is 0 Å². The van der Waals surface area contributed by atoms with Crippen LogP contribution in [0.1, 0.15) is 27.8 Å². The third-order valence-electron chi connectivity index (χ3n) is 5.08. The van der Waals surface area contributed by atoms with Gasteiger partial charge in [-0.05, 0) is 62.6 Å². The molecule has 0 aliphatic heterocycles. The molecule has 25 heavy (non-hydrogen) atoms. The fraction of sp³-hybridized carbons (Fsp3) is 0.217. The lowest BCUT2D eigenvalue weighted by molar-refractivity contribution is 1.28. The summed E-state index contributed by atoms with van der Waals surface area (Å²) in [6, 6.07) is 20.0. The van der Waals surface area contributed by atoms with E-state index in [9.17, 15) is 0 Å². The van der Waals surface area contributed by atoms with Gasteiger partial charge in [0.2, 0.25) is 0 Å². The van der Waals surface area contributed by atoms with Gasteiger partial charge in [-0.1, -0.05) is 81.6 Å². The highest BCUT2D eigenvalue weighted by Gasteiger charge is 2.22. The van der Waals surface area contributed by atoms with Crippen molar-refractivity contribution >= 4 is 36.0 Å². The van der Waals surface area contributed by atoms with Gasteiger partial charge in [-0.2, -0.15) is 0 Å². The predicted octanol–water partition coefficient (Wildman–Crippen LogP) is 4.13. The van der Waals surface area contributed by atoms with Crippen LogP contribution in [0.2, 0.25) is 5.02 Å². The summed E-state index contributed by atoms with van der Waals surface area (Å²) in [5.41, 5.74) is 6.75. The van der Waals surface area contributed by atoms with Crippen molar-refractivity contribution in [1.29, 1.82) is 0 Å². The lowest BCUT2D eigenvalue weighted by Gasteiger charge is -2.21. The highest BCUT2D eigenvalue weighted by molar-refractivity contribution is 6.96. The number of aryl methyl sites for hydroxylation is 4. The van der Waals surface area contributed by atoms with Gasteiger partial charge in [0.05, 0.1) is 0 Å². The maximum absolute atomic E-state index is 6.64. The van der Waals surface area contributed by atoms with E-state index in [1.54, 1.807) is 0 Å². The summed E-state index contributed by atoms with van der Waals surface area (Å²) < 4.78 is 0. The minimum absolute atomic E-state index is 0.884. The maximum Gasteiger partial charge on any atom is 0.134 e. The largest absolute Gasteiger partial charge is 0.134 e. The Kier molecular flexibility index (Phi) is 5.17. The molecule has 3 rings (SSSR count). The van der Waals surface area contributed by atoms with Crippen molar-refractivity contribution in [3.05, 3.63) is 87.4 Å². The van der Waals surface area contributed by atoms with Crippen molar-refractivity contribution < 1.29 is 0 Å². The van der Waals surface area contributed by atoms with E-state index in [1.165, 1.54) is 43.4 Å². The van der Waals surface area contributed by atoms with E-state index in [-0.39, 0.29) is 0 Å². The molecular weight excluding hydrogens is 340 g/mol. The van der Waals surface area contributed by atoms with Crippen LogP contribution < -0.4 is 15.6 Å². The Morgan fingerprint density at radius 1 is 0.680 bits per heavy atom. The number of hydrogen-bond donors (Lipinski definition) is 0. The Hall–Kier alpha value is -1.83. The Morgan fingerprint density at radius 3 is 1.76 bits per heavy atom. The zero-order valence-corrected chi connectivity index (χ0v) is 17.6. The summed E-state index contributed by atoms with van der Waals surface area (Å²) in [7, 11) is -1.61. The molecule has 3 aromatic carbocycles. The van der Waals surface area contributed by atoms with E-state index >= 15 is 0 Å². The molecule has 3 aromatic rings. The summed E-state index contributed by atoms with van der Waals surface area (Å²) in [4.78, 5) is 0. The number of halogens is 1. The maximum atomic E-state index is 6.64. The minimum atomic E-state index is -1.61. The first kappa shape index (κ1) is 18.0. The van der Waals surface area contributed by atoms with E-state index in [1.807, 2.05) is 12.1 Å². The lowest BCUT2D eigenvalue weighted by Crippen LogP contribution is -2.52. The molecule has 0 saturated heterocycles. The van der Waals surface area contributed by atoms with Crippen molar-refractivity contribution in [3.63, 3.8) is 0 Å². The zero-order valence-electron chi connectivity index (χ0n) is 15.7. The van der Waals surface area contributed by atoms with Gasteiger partial charge in [0.1, 0.15) is 8.80 Å². The van der Waals surface area contributed by atoms with E-state index < -0.39 is 8.80 Å². The van der Waals surface area contributed by atoms with Gasteiger partial charge in [-0.25, -0.2) is 0 Å². The van der Waals surface area contributed by atoms with Crippen molar-refractivity contribution in [2.24, 2.45) is 0 Å². The molecule has 0 heterocycles. The minimum Gasteiger partial charge on any atom is -0.0845 e. The van der Waals surface area contributed by atoms with Crippen LogP contribution in [-0.4, -0.2) is 8.80 Å². The molecule has 1 unspecified atom stereocenters. The van der Waals surface area contributed by atoms with Crippen LogP contribution in [0.15, 0.2) is 54.6 Å². The first-order valence-corrected chi connectivity index (χ1v) is 10.9. The van der Waals surface area contributed by atoms with Crippen molar-refractivity contribution in [2.75, 3.05) is 0 Å². The van der Waals surface area contributed by atoms with Gasteiger partial charge in [-0.3, -0.25) is 0 Å². The van der Waals surface area contributed by atoms with Crippen LogP contribution in [0.5, 0.6) is 0 Å². The smallest absolute Gasteiger partial charge is 0.0845 e. The van der Waals surface area contributed by atoms with Gasteiger partial charge >= 0.3 is 0 Å². The number of benzene rings is 3. The Balaban J connectivity index is 2.28. The quantitative estimate of drug-likeness (QED) is 0.484. The molecule has 0 aromatic heterocycles. The first-order valence-electron chi connectivity index (χ1n) is 8.77. The van der Waals surface area contributed by atoms with Gasteiger partial charge < -0.3 is 0 Å². The fourth-order valence-electron chi connectivity index (χ4n) is 3.67. The van der Waals surface area contributed by atoms with Gasteiger partial charge in [-0.15, -0.1) is 0 Å². The van der Waals surface area contributed by atoms with E-state index in [4.69, 9.17) is 11.6 Å². The summed E-state index contributed by atoms with van der Waals surface area (Å²) in [5, 5.41) is 5.07. The normalized spacial score (nSPS) is 12.2. The average Bonchev–Trinajstić information content (AvgIpc) is 2.54. The molecule has 0 nitrogen and oxygen atoms in total. The molecule has 0 aliphatic rings. The molecule has 0 radical (unpaired) electrons. The third-order valence-corrected chi connectivity index (χ3v) is 8.73. The molecular formula is C23H25ClSi. The van der Waals surface area contributed by atoms with Crippen LogP contribution in [-0.2, 0) is 0 Å². The van der Waals surface area contributed by atoms with Crippen LogP contribution in [0.3, 0.4) is 0 Å². The van der Waals surface area contributed by atoms with Crippen molar-refractivity contribution in [3.8, 4) is 0 Å². The fourth-order valence-corrected chi connectivity index (χ4v) is 7.61. The van der Waals surface area contributed by atoms with E-state index in [0.29, 0.717) is 0 Å². The summed E-state index contributed by atoms with van der Waals surface area (Å²) >= 11 is 6.64. The van der Waals surface area contributed by atoms with E-state index in [0.717, 1.165) is 5.02 Å². The zero-order chi connectivity index (χ0) is 18.1. The van der Waals surface area contributed by atoms with Gasteiger partial charge in [0, 0.05) is 5.02 Å². The average molecular weight is 365 g/mol. The molecule has 128 valence electrons. The molecule has 0 spiro atoms. The lowest BCUT2D eigenvalue weighted by atomic mass is 10.1. The second-order valence-electron chi connectivity index (χ2n) is 7.16. The molecule has 0 fully saturated rings. The van der Waals surface area contributed by atoms with Crippen molar-refractivity contribution in [2.45, 2.75) is 34.6 Å². The number of rotatable bonds is 3. The van der Waals surface area contributed by atoms with Gasteiger partial charge in [0.25, 0.3) is 0 Å². The molecule has 1 atom stereocenters. The Labute approximate surface area is 158 Å². The highest BCUT2D eigenvalue weighted by atomic mass is 35.5. The standard InChI is InChI=1S/C23H25ClSi/c1-15-10-16(2)12-20(11-15)25(23-9-7-6-8-22(23)24)21-13-17(3)19(5)18(4)14-21/h6-14,25H,1-5H3. The second kappa shape index (κ2) is 7.19. The third kappa shape index (κ3) is 3.73.